The van der Waals surface area contributed by atoms with Gasteiger partial charge in [0.05, 0.1) is 18.3 Å². The number of ether oxygens (including phenoxy) is 1. The van der Waals surface area contributed by atoms with Gasteiger partial charge in [-0.05, 0) is 37.3 Å². The number of hydrogen-bond acceptors (Lipinski definition) is 6. The number of H-pyrrole nitrogens is 1. The molecule has 0 fully saturated rings. The van der Waals surface area contributed by atoms with Crippen molar-refractivity contribution in [2.24, 2.45) is 0 Å². The van der Waals surface area contributed by atoms with Crippen LogP contribution in [0.15, 0.2) is 47.5 Å². The Kier molecular flexibility index (Phi) is 4.03. The summed E-state index contributed by atoms with van der Waals surface area (Å²) in [7, 11) is 0. The SMILES string of the molecule is CCOC(=O)c1c(Nc2ccc3[nH]ncc3c2)nc2c(F)cccn2c1=O. The average Bonchev–Trinajstić information content (AvgIpc) is 3.11. The van der Waals surface area contributed by atoms with Crippen LogP contribution in [0.5, 0.6) is 0 Å². The lowest BCUT2D eigenvalue weighted by Crippen LogP contribution is -2.27. The number of esters is 1. The van der Waals surface area contributed by atoms with Crippen LogP contribution in [0.2, 0.25) is 0 Å². The highest BCUT2D eigenvalue weighted by molar-refractivity contribution is 5.96. The van der Waals surface area contributed by atoms with E-state index in [0.29, 0.717) is 5.69 Å². The van der Waals surface area contributed by atoms with E-state index in [0.717, 1.165) is 15.3 Å². The Labute approximate surface area is 151 Å². The highest BCUT2D eigenvalue weighted by Gasteiger charge is 2.22. The van der Waals surface area contributed by atoms with Crippen LogP contribution in [0.4, 0.5) is 15.9 Å². The average molecular weight is 367 g/mol. The summed E-state index contributed by atoms with van der Waals surface area (Å²) in [4.78, 5) is 29.3. The zero-order valence-electron chi connectivity index (χ0n) is 14.2. The lowest BCUT2D eigenvalue weighted by Gasteiger charge is -2.12. The molecule has 2 N–H and O–H groups in total. The van der Waals surface area contributed by atoms with Crippen LogP contribution >= 0.6 is 0 Å². The number of carbonyl (C=O) groups is 1. The maximum atomic E-state index is 14.2. The van der Waals surface area contributed by atoms with Gasteiger partial charge in [-0.2, -0.15) is 5.10 Å². The van der Waals surface area contributed by atoms with Gasteiger partial charge in [-0.25, -0.2) is 14.2 Å². The van der Waals surface area contributed by atoms with E-state index in [1.807, 2.05) is 0 Å². The number of aromatic amines is 1. The van der Waals surface area contributed by atoms with E-state index in [2.05, 4.69) is 20.5 Å². The highest BCUT2D eigenvalue weighted by Crippen LogP contribution is 2.22. The molecule has 4 rings (SSSR count). The molecule has 0 amide bonds. The maximum Gasteiger partial charge on any atom is 0.347 e. The van der Waals surface area contributed by atoms with Crippen molar-refractivity contribution < 1.29 is 13.9 Å². The fraction of sp³-hybridized carbons (Fsp3) is 0.111. The molecule has 8 nitrogen and oxygen atoms in total. The second-order valence-corrected chi connectivity index (χ2v) is 5.71. The van der Waals surface area contributed by atoms with Crippen molar-refractivity contribution in [2.75, 3.05) is 11.9 Å². The second-order valence-electron chi connectivity index (χ2n) is 5.71. The van der Waals surface area contributed by atoms with E-state index in [-0.39, 0.29) is 23.6 Å². The van der Waals surface area contributed by atoms with E-state index in [1.54, 1.807) is 31.3 Å². The summed E-state index contributed by atoms with van der Waals surface area (Å²) < 4.78 is 20.1. The zero-order valence-corrected chi connectivity index (χ0v) is 14.2. The van der Waals surface area contributed by atoms with E-state index in [1.165, 1.54) is 18.3 Å². The van der Waals surface area contributed by atoms with Gasteiger partial charge in [-0.15, -0.1) is 0 Å². The first-order chi connectivity index (χ1) is 13.1. The van der Waals surface area contributed by atoms with Gasteiger partial charge in [-0.1, -0.05) is 0 Å². The molecular formula is C18H14FN5O3. The third-order valence-corrected chi connectivity index (χ3v) is 3.99. The zero-order chi connectivity index (χ0) is 19.0. The smallest absolute Gasteiger partial charge is 0.347 e. The fourth-order valence-corrected chi connectivity index (χ4v) is 2.76. The molecule has 27 heavy (non-hydrogen) atoms. The van der Waals surface area contributed by atoms with Crippen LogP contribution in [0, 0.1) is 5.82 Å². The summed E-state index contributed by atoms with van der Waals surface area (Å²) in [5.41, 5.74) is 0.172. The number of fused-ring (bicyclic) bond motifs is 2. The second kappa shape index (κ2) is 6.52. The lowest BCUT2D eigenvalue weighted by atomic mass is 10.2. The summed E-state index contributed by atoms with van der Waals surface area (Å²) in [6.45, 7) is 1.72. The summed E-state index contributed by atoms with van der Waals surface area (Å²) in [6, 6.07) is 7.81. The predicted molar refractivity (Wildman–Crippen MR) is 96.8 cm³/mol. The fourth-order valence-electron chi connectivity index (χ4n) is 2.76. The summed E-state index contributed by atoms with van der Waals surface area (Å²) in [5, 5.41) is 10.5. The highest BCUT2D eigenvalue weighted by atomic mass is 19.1. The van der Waals surface area contributed by atoms with Gasteiger partial charge in [0, 0.05) is 17.3 Å². The van der Waals surface area contributed by atoms with Gasteiger partial charge in [0.25, 0.3) is 5.56 Å². The first kappa shape index (κ1) is 16.7. The number of nitrogens with one attached hydrogen (secondary N) is 2. The van der Waals surface area contributed by atoms with E-state index in [9.17, 15) is 14.0 Å². The Morgan fingerprint density at radius 2 is 2.22 bits per heavy atom. The van der Waals surface area contributed by atoms with Crippen LogP contribution in [0.3, 0.4) is 0 Å². The minimum Gasteiger partial charge on any atom is -0.462 e. The van der Waals surface area contributed by atoms with Gasteiger partial charge in [-0.3, -0.25) is 14.3 Å². The molecule has 0 saturated carbocycles. The van der Waals surface area contributed by atoms with Crippen LogP contribution < -0.4 is 10.9 Å². The number of hydrogen-bond donors (Lipinski definition) is 2. The first-order valence-corrected chi connectivity index (χ1v) is 8.16. The Balaban J connectivity index is 1.91. The van der Waals surface area contributed by atoms with Gasteiger partial charge in [0.1, 0.15) is 0 Å². The minimum absolute atomic E-state index is 0.0774. The van der Waals surface area contributed by atoms with Crippen molar-refractivity contribution in [1.82, 2.24) is 19.6 Å². The number of aromatic nitrogens is 4. The first-order valence-electron chi connectivity index (χ1n) is 8.16. The third-order valence-electron chi connectivity index (χ3n) is 3.99. The van der Waals surface area contributed by atoms with Gasteiger partial charge in [0.2, 0.25) is 0 Å². The standard InChI is InChI=1S/C18H14FN5O3/c1-2-27-18(26)14-15(21-11-5-6-13-10(8-11)9-20-23-13)22-16-12(19)4-3-7-24(16)17(14)25/h3-9,21H,2H2,1H3,(H,20,23). The van der Waals surface area contributed by atoms with E-state index in [4.69, 9.17) is 4.74 Å². The molecule has 136 valence electrons. The van der Waals surface area contributed by atoms with Gasteiger partial charge in [0.15, 0.2) is 22.8 Å². The monoisotopic (exact) mass is 367 g/mol. The molecule has 3 aromatic heterocycles. The van der Waals surface area contributed by atoms with Crippen molar-refractivity contribution >= 4 is 34.0 Å². The number of anilines is 2. The number of benzene rings is 1. The molecule has 3 heterocycles. The van der Waals surface area contributed by atoms with Gasteiger partial charge >= 0.3 is 5.97 Å². The normalized spacial score (nSPS) is 11.0. The molecule has 0 saturated heterocycles. The number of carbonyl (C=O) groups excluding carboxylic acids is 1. The van der Waals surface area contributed by atoms with Crippen molar-refractivity contribution in [2.45, 2.75) is 6.92 Å². The van der Waals surface area contributed by atoms with E-state index >= 15 is 0 Å². The molecule has 1 aromatic carbocycles. The van der Waals surface area contributed by atoms with Crippen molar-refractivity contribution in [3.8, 4) is 0 Å². The van der Waals surface area contributed by atoms with Crippen molar-refractivity contribution in [3.63, 3.8) is 0 Å². The van der Waals surface area contributed by atoms with Crippen molar-refractivity contribution in [3.05, 3.63) is 64.5 Å². The summed E-state index contributed by atoms with van der Waals surface area (Å²) >= 11 is 0. The summed E-state index contributed by atoms with van der Waals surface area (Å²) in [5.74, 6) is -1.59. The topological polar surface area (TPSA) is 101 Å². The van der Waals surface area contributed by atoms with Crippen LogP contribution in [-0.4, -0.2) is 32.2 Å². The van der Waals surface area contributed by atoms with Crippen LogP contribution in [-0.2, 0) is 4.74 Å². The molecule has 0 aliphatic heterocycles. The Hall–Kier alpha value is -3.75. The Morgan fingerprint density at radius 3 is 3.04 bits per heavy atom. The molecule has 0 spiro atoms. The Bertz CT molecular complexity index is 1230. The van der Waals surface area contributed by atoms with Gasteiger partial charge < -0.3 is 10.1 Å². The van der Waals surface area contributed by atoms with Crippen LogP contribution in [0.25, 0.3) is 16.6 Å². The molecule has 0 radical (unpaired) electrons. The lowest BCUT2D eigenvalue weighted by molar-refractivity contribution is 0.0525. The minimum atomic E-state index is -0.833. The van der Waals surface area contributed by atoms with E-state index < -0.39 is 17.3 Å². The number of nitrogens with zero attached hydrogens (tertiary/aromatic N) is 3. The molecule has 0 atom stereocenters. The van der Waals surface area contributed by atoms with Crippen LogP contribution in [0.1, 0.15) is 17.3 Å². The molecule has 0 aliphatic carbocycles. The number of halogens is 1. The molecular weight excluding hydrogens is 353 g/mol. The molecule has 0 unspecified atom stereocenters. The molecule has 0 aliphatic rings. The summed E-state index contributed by atoms with van der Waals surface area (Å²) in [6.07, 6.45) is 2.98. The number of pyridine rings is 1. The molecule has 9 heteroatoms. The predicted octanol–water partition coefficient (Wildman–Crippen LogP) is 2.63. The third kappa shape index (κ3) is 2.88. The molecule has 4 aromatic rings. The van der Waals surface area contributed by atoms with Crippen molar-refractivity contribution in [1.29, 1.82) is 0 Å². The Morgan fingerprint density at radius 1 is 1.37 bits per heavy atom. The molecule has 0 bridgehead atoms. The quantitative estimate of drug-likeness (QED) is 0.538. The maximum absolute atomic E-state index is 14.2. The number of rotatable bonds is 4. The largest absolute Gasteiger partial charge is 0.462 e.